The topological polar surface area (TPSA) is 53.1 Å². The highest BCUT2D eigenvalue weighted by atomic mass is 16.5. The first-order chi connectivity index (χ1) is 8.20. The van der Waals surface area contributed by atoms with Gasteiger partial charge in [0.2, 0.25) is 0 Å². The second kappa shape index (κ2) is 4.91. The van der Waals surface area contributed by atoms with Crippen LogP contribution in [0.5, 0.6) is 5.75 Å². The predicted octanol–water partition coefficient (Wildman–Crippen LogP) is 2.37. The molecule has 0 radical (unpaired) electrons. The Bertz CT molecular complexity index is 505. The molecule has 0 bridgehead atoms. The summed E-state index contributed by atoms with van der Waals surface area (Å²) in [5.74, 6) is 0.719. The van der Waals surface area contributed by atoms with E-state index in [1.165, 1.54) is 0 Å². The number of nitrogens with zero attached hydrogens (tertiary/aromatic N) is 2. The standard InChI is InChI=1S/C13H17N3O/c1-3-16-8-11(10(2)15-16)9-17-13-7-5-4-6-12(13)14/h4-8H,3,9,14H2,1-2H3. The van der Waals surface area contributed by atoms with Crippen LogP contribution >= 0.6 is 0 Å². The summed E-state index contributed by atoms with van der Waals surface area (Å²) < 4.78 is 7.59. The highest BCUT2D eigenvalue weighted by Crippen LogP contribution is 2.21. The van der Waals surface area contributed by atoms with E-state index in [1.54, 1.807) is 0 Å². The third-order valence-electron chi connectivity index (χ3n) is 2.67. The summed E-state index contributed by atoms with van der Waals surface area (Å²) in [6, 6.07) is 7.50. The fraction of sp³-hybridized carbons (Fsp3) is 0.308. The van der Waals surface area contributed by atoms with Gasteiger partial charge in [-0.25, -0.2) is 0 Å². The van der Waals surface area contributed by atoms with E-state index < -0.39 is 0 Å². The fourth-order valence-corrected chi connectivity index (χ4v) is 1.63. The molecule has 0 aliphatic carbocycles. The van der Waals surface area contributed by atoms with Crippen molar-refractivity contribution in [2.24, 2.45) is 0 Å². The maximum absolute atomic E-state index is 5.81. The van der Waals surface area contributed by atoms with E-state index in [2.05, 4.69) is 12.0 Å². The maximum atomic E-state index is 5.81. The Kier molecular flexibility index (Phi) is 3.32. The first kappa shape index (κ1) is 11.5. The van der Waals surface area contributed by atoms with Gasteiger partial charge >= 0.3 is 0 Å². The van der Waals surface area contributed by atoms with Crippen molar-refractivity contribution in [3.8, 4) is 5.75 Å². The van der Waals surface area contributed by atoms with Crippen molar-refractivity contribution in [3.63, 3.8) is 0 Å². The lowest BCUT2D eigenvalue weighted by molar-refractivity contribution is 0.307. The minimum Gasteiger partial charge on any atom is -0.487 e. The van der Waals surface area contributed by atoms with Gasteiger partial charge in [-0.2, -0.15) is 5.10 Å². The zero-order valence-corrected chi connectivity index (χ0v) is 10.2. The number of hydrogen-bond acceptors (Lipinski definition) is 3. The summed E-state index contributed by atoms with van der Waals surface area (Å²) in [6.07, 6.45) is 2.01. The minimum absolute atomic E-state index is 0.500. The molecule has 0 fully saturated rings. The van der Waals surface area contributed by atoms with Crippen LogP contribution in [-0.2, 0) is 13.2 Å². The normalized spacial score (nSPS) is 10.5. The van der Waals surface area contributed by atoms with Crippen LogP contribution in [0.25, 0.3) is 0 Å². The molecule has 4 nitrogen and oxygen atoms in total. The number of ether oxygens (including phenoxy) is 1. The molecule has 2 aromatic rings. The van der Waals surface area contributed by atoms with Crippen LogP contribution in [0.4, 0.5) is 5.69 Å². The van der Waals surface area contributed by atoms with Crippen molar-refractivity contribution in [1.29, 1.82) is 0 Å². The number of nitrogen functional groups attached to an aromatic ring is 1. The summed E-state index contributed by atoms with van der Waals surface area (Å²) in [4.78, 5) is 0. The van der Waals surface area contributed by atoms with Crippen molar-refractivity contribution >= 4 is 5.69 Å². The van der Waals surface area contributed by atoms with Crippen LogP contribution in [0.15, 0.2) is 30.5 Å². The van der Waals surface area contributed by atoms with E-state index in [4.69, 9.17) is 10.5 Å². The average molecular weight is 231 g/mol. The van der Waals surface area contributed by atoms with Gasteiger partial charge in [-0.3, -0.25) is 4.68 Å². The summed E-state index contributed by atoms with van der Waals surface area (Å²) in [5.41, 5.74) is 8.56. The Balaban J connectivity index is 2.07. The number of anilines is 1. The number of hydrogen-bond donors (Lipinski definition) is 1. The van der Waals surface area contributed by atoms with Crippen molar-refractivity contribution in [2.75, 3.05) is 5.73 Å². The molecule has 0 atom stereocenters. The summed E-state index contributed by atoms with van der Waals surface area (Å²) in [5, 5.41) is 4.37. The predicted molar refractivity (Wildman–Crippen MR) is 67.8 cm³/mol. The Morgan fingerprint density at radius 3 is 2.76 bits per heavy atom. The van der Waals surface area contributed by atoms with E-state index in [0.717, 1.165) is 23.6 Å². The summed E-state index contributed by atoms with van der Waals surface area (Å²) in [6.45, 7) is 5.42. The summed E-state index contributed by atoms with van der Waals surface area (Å²) >= 11 is 0. The monoisotopic (exact) mass is 231 g/mol. The molecule has 0 spiro atoms. The second-order valence-electron chi connectivity index (χ2n) is 3.92. The van der Waals surface area contributed by atoms with Gasteiger partial charge in [-0.05, 0) is 26.0 Å². The van der Waals surface area contributed by atoms with E-state index >= 15 is 0 Å². The Morgan fingerprint density at radius 2 is 2.12 bits per heavy atom. The molecule has 0 aliphatic rings. The van der Waals surface area contributed by atoms with Gasteiger partial charge in [0.1, 0.15) is 12.4 Å². The van der Waals surface area contributed by atoms with Crippen molar-refractivity contribution in [2.45, 2.75) is 27.0 Å². The Morgan fingerprint density at radius 1 is 1.35 bits per heavy atom. The minimum atomic E-state index is 0.500. The number of benzene rings is 1. The SMILES string of the molecule is CCn1cc(COc2ccccc2N)c(C)n1. The molecule has 2 rings (SSSR count). The lowest BCUT2D eigenvalue weighted by atomic mass is 10.3. The van der Waals surface area contributed by atoms with E-state index in [9.17, 15) is 0 Å². The lowest BCUT2D eigenvalue weighted by Gasteiger charge is -2.07. The molecule has 1 heterocycles. The molecule has 0 saturated heterocycles. The van der Waals surface area contributed by atoms with Gasteiger partial charge in [-0.1, -0.05) is 12.1 Å². The fourth-order valence-electron chi connectivity index (χ4n) is 1.63. The highest BCUT2D eigenvalue weighted by Gasteiger charge is 2.05. The third-order valence-corrected chi connectivity index (χ3v) is 2.67. The first-order valence-electron chi connectivity index (χ1n) is 5.71. The zero-order chi connectivity index (χ0) is 12.3. The molecule has 0 saturated carbocycles. The Labute approximate surface area is 101 Å². The van der Waals surface area contributed by atoms with Gasteiger partial charge in [-0.15, -0.1) is 0 Å². The van der Waals surface area contributed by atoms with Crippen LogP contribution in [-0.4, -0.2) is 9.78 Å². The smallest absolute Gasteiger partial charge is 0.142 e. The van der Waals surface area contributed by atoms with Crippen LogP contribution in [0.3, 0.4) is 0 Å². The van der Waals surface area contributed by atoms with Crippen molar-refractivity contribution in [3.05, 3.63) is 41.7 Å². The first-order valence-corrected chi connectivity index (χ1v) is 5.71. The van der Waals surface area contributed by atoms with E-state index in [0.29, 0.717) is 12.3 Å². The largest absolute Gasteiger partial charge is 0.487 e. The number of rotatable bonds is 4. The maximum Gasteiger partial charge on any atom is 0.142 e. The van der Waals surface area contributed by atoms with Gasteiger partial charge in [0.15, 0.2) is 0 Å². The van der Waals surface area contributed by atoms with Gasteiger partial charge < -0.3 is 10.5 Å². The molecular formula is C13H17N3O. The quantitative estimate of drug-likeness (QED) is 0.822. The lowest BCUT2D eigenvalue weighted by Crippen LogP contribution is -1.98. The number of aromatic nitrogens is 2. The molecule has 0 unspecified atom stereocenters. The van der Waals surface area contributed by atoms with Crippen molar-refractivity contribution in [1.82, 2.24) is 9.78 Å². The highest BCUT2D eigenvalue weighted by molar-refractivity contribution is 5.51. The molecule has 0 amide bonds. The molecule has 4 heteroatoms. The van der Waals surface area contributed by atoms with Crippen LogP contribution in [0, 0.1) is 6.92 Å². The van der Waals surface area contributed by atoms with Gasteiger partial charge in [0, 0.05) is 18.3 Å². The van der Waals surface area contributed by atoms with Crippen molar-refractivity contribution < 1.29 is 4.74 Å². The number of para-hydroxylation sites is 2. The molecule has 90 valence electrons. The molecule has 1 aromatic carbocycles. The molecule has 0 aliphatic heterocycles. The van der Waals surface area contributed by atoms with Gasteiger partial charge in [0.25, 0.3) is 0 Å². The third kappa shape index (κ3) is 2.58. The number of aryl methyl sites for hydroxylation is 2. The second-order valence-corrected chi connectivity index (χ2v) is 3.92. The van der Waals surface area contributed by atoms with Crippen LogP contribution in [0.1, 0.15) is 18.2 Å². The molecule has 1 aromatic heterocycles. The zero-order valence-electron chi connectivity index (χ0n) is 10.2. The molecular weight excluding hydrogens is 214 g/mol. The molecule has 2 N–H and O–H groups in total. The average Bonchev–Trinajstić information content (AvgIpc) is 2.69. The molecule has 17 heavy (non-hydrogen) atoms. The van der Waals surface area contributed by atoms with Crippen LogP contribution in [0.2, 0.25) is 0 Å². The van der Waals surface area contributed by atoms with E-state index in [1.807, 2.05) is 42.1 Å². The summed E-state index contributed by atoms with van der Waals surface area (Å²) in [7, 11) is 0. The van der Waals surface area contributed by atoms with Crippen LogP contribution < -0.4 is 10.5 Å². The number of nitrogens with two attached hydrogens (primary N) is 1. The Hall–Kier alpha value is -1.97. The van der Waals surface area contributed by atoms with Gasteiger partial charge in [0.05, 0.1) is 11.4 Å². The van der Waals surface area contributed by atoms with E-state index in [-0.39, 0.29) is 0 Å².